The zero-order valence-electron chi connectivity index (χ0n) is 20.5. The minimum atomic E-state index is -1.32. The van der Waals surface area contributed by atoms with Crippen molar-refractivity contribution in [2.75, 3.05) is 0 Å². The Labute approximate surface area is 210 Å². The molecule has 0 aliphatic carbocycles. The Morgan fingerprint density at radius 3 is 1.61 bits per heavy atom. The van der Waals surface area contributed by atoms with Gasteiger partial charge in [-0.05, 0) is 37.5 Å². The number of amides is 2. The van der Waals surface area contributed by atoms with Crippen LogP contribution in [0.2, 0.25) is 0 Å². The Bertz CT molecular complexity index is 1110. The van der Waals surface area contributed by atoms with Gasteiger partial charge < -0.3 is 15.2 Å². The first-order valence-corrected chi connectivity index (χ1v) is 11.6. The number of carbonyl (C=O) groups excluding carboxylic acids is 2. The number of nitrogens with zero attached hydrogens (tertiary/aromatic N) is 1. The third-order valence-corrected chi connectivity index (χ3v) is 5.42. The zero-order valence-corrected chi connectivity index (χ0v) is 20.5. The third kappa shape index (κ3) is 6.66. The normalized spacial score (nSPS) is 12.6. The van der Waals surface area contributed by atoms with Crippen LogP contribution < -0.4 is 5.32 Å². The molecule has 0 aromatic heterocycles. The highest BCUT2D eigenvalue weighted by atomic mass is 16.6. The summed E-state index contributed by atoms with van der Waals surface area (Å²) in [5, 5.41) is 12.8. The van der Waals surface area contributed by atoms with Crippen molar-refractivity contribution in [2.24, 2.45) is 10.9 Å². The Hall–Kier alpha value is -4.26. The molecule has 1 atom stereocenters. The number of carboxylic acid groups (broad SMARTS) is 1. The standard InChI is InChI=1S/C29H30N2O5/c1-28(2,3)36-27(35)30-20-21(26(33)34)19-25(32)31-29(22-13-7-4-8-14-22,23-15-9-5-10-16-23)24-17-11-6-12-18-24/h4-18,20-21H,19H2,1-3H3,(H,31,32)(H,33,34)/b30-20+. The number of ether oxygens (including phenoxy) is 1. The summed E-state index contributed by atoms with van der Waals surface area (Å²) in [6, 6.07) is 28.5. The van der Waals surface area contributed by atoms with Crippen molar-refractivity contribution >= 4 is 24.2 Å². The molecule has 0 heterocycles. The summed E-state index contributed by atoms with van der Waals surface area (Å²) in [4.78, 5) is 40.8. The highest BCUT2D eigenvalue weighted by molar-refractivity contribution is 5.97. The molecule has 7 nitrogen and oxygen atoms in total. The predicted octanol–water partition coefficient (Wildman–Crippen LogP) is 5.19. The Morgan fingerprint density at radius 2 is 1.25 bits per heavy atom. The van der Waals surface area contributed by atoms with Crippen molar-refractivity contribution in [3.8, 4) is 0 Å². The first kappa shape index (κ1) is 26.3. The molecule has 0 saturated carbocycles. The topological polar surface area (TPSA) is 105 Å². The molecular formula is C29H30N2O5. The lowest BCUT2D eigenvalue weighted by Crippen LogP contribution is -2.48. The molecule has 2 amide bonds. The summed E-state index contributed by atoms with van der Waals surface area (Å²) in [6.07, 6.45) is -0.387. The second kappa shape index (κ2) is 11.4. The molecule has 0 radical (unpaired) electrons. The van der Waals surface area contributed by atoms with Gasteiger partial charge in [-0.25, -0.2) is 4.79 Å². The Balaban J connectivity index is 1.99. The fourth-order valence-corrected chi connectivity index (χ4v) is 3.88. The second-order valence-corrected chi connectivity index (χ2v) is 9.30. The minimum absolute atomic E-state index is 0.421. The van der Waals surface area contributed by atoms with E-state index >= 15 is 0 Å². The lowest BCUT2D eigenvalue weighted by molar-refractivity contribution is -0.141. The van der Waals surface area contributed by atoms with Crippen LogP contribution in [0, 0.1) is 5.92 Å². The zero-order chi connectivity index (χ0) is 26.2. The van der Waals surface area contributed by atoms with Crippen LogP contribution in [0.4, 0.5) is 4.79 Å². The van der Waals surface area contributed by atoms with Crippen molar-refractivity contribution in [2.45, 2.75) is 38.3 Å². The van der Waals surface area contributed by atoms with E-state index < -0.39 is 41.4 Å². The van der Waals surface area contributed by atoms with E-state index in [0.29, 0.717) is 0 Å². The number of hydrogen-bond donors (Lipinski definition) is 2. The number of rotatable bonds is 8. The monoisotopic (exact) mass is 486 g/mol. The Kier molecular flexibility index (Phi) is 8.38. The predicted molar refractivity (Wildman–Crippen MR) is 138 cm³/mol. The molecule has 0 aliphatic rings. The summed E-state index contributed by atoms with van der Waals surface area (Å²) >= 11 is 0. The second-order valence-electron chi connectivity index (χ2n) is 9.30. The third-order valence-electron chi connectivity index (χ3n) is 5.42. The van der Waals surface area contributed by atoms with E-state index in [2.05, 4.69) is 10.3 Å². The average molecular weight is 487 g/mol. The van der Waals surface area contributed by atoms with E-state index in [0.717, 1.165) is 22.9 Å². The molecule has 3 aromatic carbocycles. The van der Waals surface area contributed by atoms with Crippen LogP contribution in [-0.4, -0.2) is 34.9 Å². The van der Waals surface area contributed by atoms with E-state index in [1.54, 1.807) is 20.8 Å². The number of carbonyl (C=O) groups is 3. The highest BCUT2D eigenvalue weighted by Gasteiger charge is 2.38. The maximum absolute atomic E-state index is 13.4. The SMILES string of the molecule is CC(C)(C)OC(=O)/N=C/C(CC(=O)NC(c1ccccc1)(c1ccccc1)c1ccccc1)C(=O)O. The van der Waals surface area contributed by atoms with Crippen LogP contribution in [0.3, 0.4) is 0 Å². The Morgan fingerprint density at radius 1 is 0.833 bits per heavy atom. The van der Waals surface area contributed by atoms with Crippen LogP contribution in [0.25, 0.3) is 0 Å². The van der Waals surface area contributed by atoms with Crippen molar-refractivity contribution in [1.82, 2.24) is 5.32 Å². The lowest BCUT2D eigenvalue weighted by atomic mass is 9.76. The first-order valence-electron chi connectivity index (χ1n) is 11.6. The summed E-state index contributed by atoms with van der Waals surface area (Å²) in [5.74, 6) is -3.12. The van der Waals surface area contributed by atoms with Gasteiger partial charge in [0.15, 0.2) is 0 Å². The maximum Gasteiger partial charge on any atom is 0.433 e. The number of nitrogens with one attached hydrogen (secondary N) is 1. The summed E-state index contributed by atoms with van der Waals surface area (Å²) in [5.41, 5.74) is 0.581. The smallest absolute Gasteiger partial charge is 0.433 e. The molecule has 0 saturated heterocycles. The van der Waals surface area contributed by atoms with Crippen LogP contribution in [0.5, 0.6) is 0 Å². The molecule has 7 heteroatoms. The van der Waals surface area contributed by atoms with Crippen LogP contribution in [0.15, 0.2) is 96.0 Å². The van der Waals surface area contributed by atoms with Crippen LogP contribution in [0.1, 0.15) is 43.9 Å². The quantitative estimate of drug-likeness (QED) is 0.337. The number of benzene rings is 3. The molecule has 0 spiro atoms. The van der Waals surface area contributed by atoms with Gasteiger partial charge in [-0.15, -0.1) is 0 Å². The molecule has 186 valence electrons. The van der Waals surface area contributed by atoms with E-state index in [4.69, 9.17) is 4.74 Å². The van der Waals surface area contributed by atoms with Gasteiger partial charge in [0.2, 0.25) is 5.91 Å². The van der Waals surface area contributed by atoms with Crippen molar-refractivity contribution < 1.29 is 24.2 Å². The van der Waals surface area contributed by atoms with Gasteiger partial charge in [0.05, 0.1) is 0 Å². The van der Waals surface area contributed by atoms with Crippen LogP contribution in [-0.2, 0) is 19.9 Å². The van der Waals surface area contributed by atoms with Gasteiger partial charge >= 0.3 is 12.1 Å². The summed E-state index contributed by atoms with van der Waals surface area (Å²) in [7, 11) is 0. The van der Waals surface area contributed by atoms with E-state index in [9.17, 15) is 19.5 Å². The maximum atomic E-state index is 13.4. The van der Waals surface area contributed by atoms with Gasteiger partial charge in [0.1, 0.15) is 17.1 Å². The number of aliphatic carboxylic acids is 1. The molecule has 0 aliphatic heterocycles. The average Bonchev–Trinajstić information content (AvgIpc) is 2.85. The molecule has 1 unspecified atom stereocenters. The van der Waals surface area contributed by atoms with Crippen molar-refractivity contribution in [1.29, 1.82) is 0 Å². The minimum Gasteiger partial charge on any atom is -0.481 e. The van der Waals surface area contributed by atoms with Crippen LogP contribution >= 0.6 is 0 Å². The van der Waals surface area contributed by atoms with Crippen molar-refractivity contribution in [3.05, 3.63) is 108 Å². The molecule has 0 bridgehead atoms. The number of aliphatic imine (C=N–C) groups is 1. The molecule has 36 heavy (non-hydrogen) atoms. The molecule has 2 N–H and O–H groups in total. The van der Waals surface area contributed by atoms with Gasteiger partial charge in [-0.2, -0.15) is 4.99 Å². The summed E-state index contributed by atoms with van der Waals surface area (Å²) < 4.78 is 5.10. The van der Waals surface area contributed by atoms with E-state index in [1.807, 2.05) is 91.0 Å². The number of carboxylic acids is 1. The van der Waals surface area contributed by atoms with Crippen molar-refractivity contribution in [3.63, 3.8) is 0 Å². The fourth-order valence-electron chi connectivity index (χ4n) is 3.88. The van der Waals surface area contributed by atoms with Gasteiger partial charge in [-0.1, -0.05) is 91.0 Å². The van der Waals surface area contributed by atoms with E-state index in [1.165, 1.54) is 0 Å². The summed E-state index contributed by atoms with van der Waals surface area (Å²) in [6.45, 7) is 5.04. The molecular weight excluding hydrogens is 456 g/mol. The van der Waals surface area contributed by atoms with Gasteiger partial charge in [-0.3, -0.25) is 9.59 Å². The van der Waals surface area contributed by atoms with Gasteiger partial charge in [0.25, 0.3) is 0 Å². The molecule has 3 aromatic rings. The molecule has 0 fully saturated rings. The number of hydrogen-bond acceptors (Lipinski definition) is 4. The van der Waals surface area contributed by atoms with E-state index in [-0.39, 0.29) is 0 Å². The molecule has 3 rings (SSSR count). The van der Waals surface area contributed by atoms with Gasteiger partial charge in [0, 0.05) is 12.6 Å². The fraction of sp³-hybridized carbons (Fsp3) is 0.241. The lowest BCUT2D eigenvalue weighted by Gasteiger charge is -2.37. The first-order chi connectivity index (χ1) is 17.1. The largest absolute Gasteiger partial charge is 0.481 e. The highest BCUT2D eigenvalue weighted by Crippen LogP contribution is 2.37.